The molecule has 3 heterocycles. The van der Waals surface area contributed by atoms with Crippen LogP contribution in [0.3, 0.4) is 0 Å². The van der Waals surface area contributed by atoms with Gasteiger partial charge in [0, 0.05) is 29.4 Å². The van der Waals surface area contributed by atoms with Crippen molar-refractivity contribution in [3.8, 4) is 11.1 Å². The van der Waals surface area contributed by atoms with Gasteiger partial charge in [0.25, 0.3) is 0 Å². The number of benzene rings is 2. The lowest BCUT2D eigenvalue weighted by atomic mass is 10.0. The molecule has 33 heavy (non-hydrogen) atoms. The van der Waals surface area contributed by atoms with E-state index in [1.165, 1.54) is 12.4 Å². The lowest BCUT2D eigenvalue weighted by Crippen LogP contribution is -2.15. The van der Waals surface area contributed by atoms with Gasteiger partial charge in [-0.05, 0) is 54.8 Å². The molecule has 5 rings (SSSR count). The molecule has 4 aromatic rings. The molecule has 0 saturated heterocycles. The highest BCUT2D eigenvalue weighted by molar-refractivity contribution is 7.92. The number of hydrogen-bond donors (Lipinski definition) is 1. The molecule has 1 aliphatic heterocycles. The zero-order chi connectivity index (χ0) is 23.3. The van der Waals surface area contributed by atoms with Crippen molar-refractivity contribution < 1.29 is 12.8 Å². The maximum Gasteiger partial charge on any atom is 0.229 e. The summed E-state index contributed by atoms with van der Waals surface area (Å²) < 4.78 is 39.9. The predicted octanol–water partition coefficient (Wildman–Crippen LogP) is 4.86. The fourth-order valence-electron chi connectivity index (χ4n) is 4.03. The number of aromatic nitrogens is 3. The third-order valence-electron chi connectivity index (χ3n) is 5.60. The molecule has 0 aliphatic carbocycles. The Morgan fingerprint density at radius 3 is 2.70 bits per heavy atom. The SMILES string of the molecule is Cc1ncc(-c2ccc3ncnc(N4CCc5cc(F)c(Cl)cc54)c3c2)cc1NS(C)(=O)=O. The quantitative estimate of drug-likeness (QED) is 0.446. The van der Waals surface area contributed by atoms with Crippen molar-refractivity contribution in [1.29, 1.82) is 0 Å². The van der Waals surface area contributed by atoms with Crippen LogP contribution in [0.5, 0.6) is 0 Å². The van der Waals surface area contributed by atoms with Crippen LogP contribution in [-0.2, 0) is 16.4 Å². The molecule has 0 amide bonds. The topological polar surface area (TPSA) is 88.1 Å². The van der Waals surface area contributed by atoms with Crippen molar-refractivity contribution in [2.45, 2.75) is 13.3 Å². The fraction of sp³-hybridized carbons (Fsp3) is 0.174. The van der Waals surface area contributed by atoms with Crippen LogP contribution in [0.2, 0.25) is 5.02 Å². The van der Waals surface area contributed by atoms with E-state index in [0.717, 1.165) is 39.5 Å². The van der Waals surface area contributed by atoms with Gasteiger partial charge in [-0.3, -0.25) is 9.71 Å². The van der Waals surface area contributed by atoms with Crippen molar-refractivity contribution in [3.63, 3.8) is 0 Å². The van der Waals surface area contributed by atoms with Gasteiger partial charge in [0.05, 0.1) is 28.2 Å². The van der Waals surface area contributed by atoms with Crippen LogP contribution in [0.4, 0.5) is 21.6 Å². The van der Waals surface area contributed by atoms with E-state index >= 15 is 0 Å². The van der Waals surface area contributed by atoms with Gasteiger partial charge in [-0.1, -0.05) is 17.7 Å². The highest BCUT2D eigenvalue weighted by atomic mass is 35.5. The van der Waals surface area contributed by atoms with Gasteiger partial charge in [-0.25, -0.2) is 22.8 Å². The molecule has 0 spiro atoms. The molecule has 7 nitrogen and oxygen atoms in total. The van der Waals surface area contributed by atoms with Gasteiger partial charge in [0.2, 0.25) is 10.0 Å². The maximum absolute atomic E-state index is 13.9. The van der Waals surface area contributed by atoms with Gasteiger partial charge >= 0.3 is 0 Å². The largest absolute Gasteiger partial charge is 0.325 e. The first-order valence-electron chi connectivity index (χ1n) is 10.1. The van der Waals surface area contributed by atoms with Crippen LogP contribution in [0.15, 0.2) is 48.9 Å². The van der Waals surface area contributed by atoms with E-state index in [1.54, 1.807) is 25.3 Å². The number of nitrogens with zero attached hydrogens (tertiary/aromatic N) is 4. The summed E-state index contributed by atoms with van der Waals surface area (Å²) in [5.74, 6) is 0.260. The molecule has 0 radical (unpaired) electrons. The minimum absolute atomic E-state index is 0.0661. The monoisotopic (exact) mass is 483 g/mol. The number of nitrogens with one attached hydrogen (secondary N) is 1. The van der Waals surface area contributed by atoms with Gasteiger partial charge in [-0.15, -0.1) is 0 Å². The van der Waals surface area contributed by atoms with E-state index < -0.39 is 15.8 Å². The zero-order valence-corrected chi connectivity index (χ0v) is 19.4. The summed E-state index contributed by atoms with van der Waals surface area (Å²) in [6.45, 7) is 2.38. The normalized spacial score (nSPS) is 13.4. The Labute approximate surface area is 195 Å². The Morgan fingerprint density at radius 2 is 1.91 bits per heavy atom. The van der Waals surface area contributed by atoms with Crippen molar-refractivity contribution in [2.75, 3.05) is 22.4 Å². The summed E-state index contributed by atoms with van der Waals surface area (Å²) in [5.41, 5.74) is 5.02. The first-order valence-corrected chi connectivity index (χ1v) is 12.4. The minimum atomic E-state index is -3.44. The molecule has 0 saturated carbocycles. The Balaban J connectivity index is 1.62. The van der Waals surface area contributed by atoms with Crippen LogP contribution >= 0.6 is 11.6 Å². The Kier molecular flexibility index (Phi) is 5.18. The first kappa shape index (κ1) is 21.5. The molecule has 0 atom stereocenters. The number of sulfonamides is 1. The summed E-state index contributed by atoms with van der Waals surface area (Å²) in [7, 11) is -3.44. The molecule has 0 unspecified atom stereocenters. The van der Waals surface area contributed by atoms with Gasteiger partial charge in [0.1, 0.15) is 18.0 Å². The summed E-state index contributed by atoms with van der Waals surface area (Å²) in [4.78, 5) is 15.3. The number of pyridine rings is 1. The van der Waals surface area contributed by atoms with Gasteiger partial charge in [-0.2, -0.15) is 0 Å². The van der Waals surface area contributed by atoms with E-state index in [9.17, 15) is 12.8 Å². The number of halogens is 2. The van der Waals surface area contributed by atoms with Crippen LogP contribution < -0.4 is 9.62 Å². The van der Waals surface area contributed by atoms with E-state index in [0.29, 0.717) is 30.2 Å². The average molecular weight is 484 g/mol. The van der Waals surface area contributed by atoms with Crippen molar-refractivity contribution in [1.82, 2.24) is 15.0 Å². The molecule has 1 N–H and O–H groups in total. The molecule has 1 aliphatic rings. The Hall–Kier alpha value is -3.30. The first-order chi connectivity index (χ1) is 15.7. The van der Waals surface area contributed by atoms with Crippen LogP contribution in [0, 0.1) is 12.7 Å². The number of rotatable bonds is 4. The van der Waals surface area contributed by atoms with E-state index in [4.69, 9.17) is 11.6 Å². The van der Waals surface area contributed by atoms with Crippen LogP contribution in [-0.4, -0.2) is 36.2 Å². The number of hydrogen-bond acceptors (Lipinski definition) is 6. The summed E-state index contributed by atoms with van der Waals surface area (Å²) >= 11 is 6.05. The zero-order valence-electron chi connectivity index (χ0n) is 17.8. The maximum atomic E-state index is 13.9. The molecule has 2 aromatic carbocycles. The highest BCUT2D eigenvalue weighted by Gasteiger charge is 2.25. The summed E-state index contributed by atoms with van der Waals surface area (Å²) in [6, 6.07) is 10.6. The predicted molar refractivity (Wildman–Crippen MR) is 128 cm³/mol. The highest BCUT2D eigenvalue weighted by Crippen LogP contribution is 2.39. The van der Waals surface area contributed by atoms with Crippen molar-refractivity contribution >= 4 is 49.7 Å². The molecular weight excluding hydrogens is 465 g/mol. The van der Waals surface area contributed by atoms with Crippen molar-refractivity contribution in [2.24, 2.45) is 0 Å². The standard InChI is InChI=1S/C23H19ClFN5O2S/c1-13-21(29-33(2,31)32)9-16(11-26-13)14-3-4-20-17(7-14)23(28-12-27-20)30-6-5-15-8-19(25)18(24)10-22(15)30/h3-4,7-12,29H,5-6H2,1-2H3. The Bertz CT molecular complexity index is 1530. The van der Waals surface area contributed by atoms with E-state index in [1.807, 2.05) is 23.1 Å². The second-order valence-electron chi connectivity index (χ2n) is 7.96. The molecule has 2 aromatic heterocycles. The number of fused-ring (bicyclic) bond motifs is 2. The lowest BCUT2D eigenvalue weighted by molar-refractivity contribution is 0.606. The van der Waals surface area contributed by atoms with Crippen molar-refractivity contribution in [3.05, 3.63) is 71.0 Å². The van der Waals surface area contributed by atoms with E-state index in [-0.39, 0.29) is 5.02 Å². The van der Waals surface area contributed by atoms with Gasteiger partial charge in [0.15, 0.2) is 0 Å². The number of aryl methyl sites for hydroxylation is 1. The number of anilines is 3. The molecule has 0 bridgehead atoms. The summed E-state index contributed by atoms with van der Waals surface area (Å²) in [5, 5.41) is 0.873. The fourth-order valence-corrected chi connectivity index (χ4v) is 4.80. The summed E-state index contributed by atoms with van der Waals surface area (Å²) in [6.07, 6.45) is 4.98. The molecule has 0 fully saturated rings. The third kappa shape index (κ3) is 4.09. The second-order valence-corrected chi connectivity index (χ2v) is 10.1. The smallest absolute Gasteiger partial charge is 0.229 e. The average Bonchev–Trinajstić information content (AvgIpc) is 3.16. The Morgan fingerprint density at radius 1 is 1.09 bits per heavy atom. The van der Waals surface area contributed by atoms with Crippen LogP contribution in [0.1, 0.15) is 11.3 Å². The molecule has 10 heteroatoms. The van der Waals surface area contributed by atoms with Gasteiger partial charge < -0.3 is 4.90 Å². The molecular formula is C23H19ClFN5O2S. The molecule has 168 valence electrons. The lowest BCUT2D eigenvalue weighted by Gasteiger charge is -2.20. The van der Waals surface area contributed by atoms with Crippen LogP contribution in [0.25, 0.3) is 22.0 Å². The van der Waals surface area contributed by atoms with E-state index in [2.05, 4.69) is 19.7 Å². The third-order valence-corrected chi connectivity index (χ3v) is 6.48. The second kappa shape index (κ2) is 7.93. The minimum Gasteiger partial charge on any atom is -0.325 e.